The minimum absolute atomic E-state index is 0.00133. The van der Waals surface area contributed by atoms with Gasteiger partial charge in [0.1, 0.15) is 6.10 Å². The van der Waals surface area contributed by atoms with Gasteiger partial charge >= 0.3 is 5.97 Å². The first-order valence-corrected chi connectivity index (χ1v) is 9.58. The number of carbonyl (C=O) groups excluding carboxylic acids is 2. The lowest BCUT2D eigenvalue weighted by Gasteiger charge is -2.21. The van der Waals surface area contributed by atoms with Gasteiger partial charge < -0.3 is 10.1 Å². The van der Waals surface area contributed by atoms with Gasteiger partial charge in [-0.25, -0.2) is 0 Å². The van der Waals surface area contributed by atoms with Crippen LogP contribution < -0.4 is 5.32 Å². The first kappa shape index (κ1) is 20.0. The Morgan fingerprint density at radius 2 is 1.70 bits per heavy atom. The van der Waals surface area contributed by atoms with Crippen LogP contribution in [-0.2, 0) is 14.3 Å². The molecule has 0 bridgehead atoms. The van der Waals surface area contributed by atoms with Crippen molar-refractivity contribution in [2.24, 2.45) is 5.92 Å². The molecule has 0 heterocycles. The number of rotatable bonds is 10. The maximum atomic E-state index is 12.5. The highest BCUT2D eigenvalue weighted by molar-refractivity contribution is 5.73. The second-order valence-electron chi connectivity index (χ2n) is 6.87. The molecule has 1 aliphatic carbocycles. The highest BCUT2D eigenvalue weighted by atomic mass is 16.5. The Morgan fingerprint density at radius 3 is 2.30 bits per heavy atom. The Hall–Kier alpha value is -1.06. The molecule has 0 aromatic carbocycles. The molecule has 4 nitrogen and oxygen atoms in total. The highest BCUT2D eigenvalue weighted by Crippen LogP contribution is 2.23. The van der Waals surface area contributed by atoms with E-state index in [9.17, 15) is 9.59 Å². The van der Waals surface area contributed by atoms with Gasteiger partial charge in [-0.1, -0.05) is 39.0 Å². The molecule has 1 saturated carbocycles. The van der Waals surface area contributed by atoms with Crippen LogP contribution >= 0.6 is 0 Å². The van der Waals surface area contributed by atoms with Gasteiger partial charge in [0.25, 0.3) is 0 Å². The first-order chi connectivity index (χ1) is 11.1. The summed E-state index contributed by atoms with van der Waals surface area (Å²) in [5.41, 5.74) is 0. The average molecular weight is 325 g/mol. The molecular formula is C19H35NO3. The molecule has 1 rings (SSSR count). The molecule has 134 valence electrons. The molecule has 0 radical (unpaired) electrons. The Balaban J connectivity index is 2.40. The third-order valence-electron chi connectivity index (χ3n) is 4.68. The van der Waals surface area contributed by atoms with Crippen LogP contribution in [0, 0.1) is 5.92 Å². The Bertz CT molecular complexity index is 336. The van der Waals surface area contributed by atoms with Crippen molar-refractivity contribution in [2.75, 3.05) is 6.54 Å². The third-order valence-corrected chi connectivity index (χ3v) is 4.68. The second kappa shape index (κ2) is 12.4. The lowest BCUT2D eigenvalue weighted by Crippen LogP contribution is -2.26. The van der Waals surface area contributed by atoms with Crippen LogP contribution in [-0.4, -0.2) is 24.5 Å². The van der Waals surface area contributed by atoms with Crippen LogP contribution in [0.2, 0.25) is 0 Å². The van der Waals surface area contributed by atoms with Gasteiger partial charge in [-0.15, -0.1) is 0 Å². The van der Waals surface area contributed by atoms with Gasteiger partial charge in [-0.2, -0.15) is 0 Å². The summed E-state index contributed by atoms with van der Waals surface area (Å²) in [5.74, 6) is -0.0112. The fourth-order valence-electron chi connectivity index (χ4n) is 3.25. The number of ether oxygens (including phenoxy) is 1. The van der Waals surface area contributed by atoms with Crippen molar-refractivity contribution in [3.05, 3.63) is 0 Å². The molecule has 0 aliphatic heterocycles. The standard InChI is InChI=1S/C19H35NO3/c1-3-4-7-11-17(12-10-15-20-16(2)21)19(22)23-18-13-8-5-6-9-14-18/h17-18H,3-15H2,1-2H3,(H,20,21). The lowest BCUT2D eigenvalue weighted by atomic mass is 9.96. The topological polar surface area (TPSA) is 55.4 Å². The van der Waals surface area contributed by atoms with E-state index in [1.165, 1.54) is 39.0 Å². The number of esters is 1. The molecule has 1 unspecified atom stereocenters. The van der Waals surface area contributed by atoms with E-state index in [4.69, 9.17) is 4.74 Å². The number of amides is 1. The lowest BCUT2D eigenvalue weighted by molar-refractivity contribution is -0.155. The van der Waals surface area contributed by atoms with Gasteiger partial charge in [-0.05, 0) is 44.9 Å². The maximum Gasteiger partial charge on any atom is 0.309 e. The molecule has 0 saturated heterocycles. The van der Waals surface area contributed by atoms with Crippen LogP contribution in [0.15, 0.2) is 0 Å². The molecule has 1 N–H and O–H groups in total. The Morgan fingerprint density at radius 1 is 1.04 bits per heavy atom. The first-order valence-electron chi connectivity index (χ1n) is 9.58. The molecule has 23 heavy (non-hydrogen) atoms. The largest absolute Gasteiger partial charge is 0.462 e. The third kappa shape index (κ3) is 9.62. The van der Waals surface area contributed by atoms with E-state index in [0.717, 1.165) is 44.9 Å². The Kier molecular flexibility index (Phi) is 10.8. The number of carbonyl (C=O) groups is 2. The molecule has 1 aliphatic rings. The summed E-state index contributed by atoms with van der Waals surface area (Å²) in [4.78, 5) is 23.5. The summed E-state index contributed by atoms with van der Waals surface area (Å²) in [6, 6.07) is 0. The van der Waals surface area contributed by atoms with Gasteiger partial charge in [0.15, 0.2) is 0 Å². The number of hydrogen-bond donors (Lipinski definition) is 1. The Labute approximate surface area is 141 Å². The SMILES string of the molecule is CCCCCC(CCCNC(C)=O)C(=O)OC1CCCCCC1. The number of hydrogen-bond acceptors (Lipinski definition) is 3. The summed E-state index contributed by atoms with van der Waals surface area (Å²) in [6.45, 7) is 4.35. The van der Waals surface area contributed by atoms with Crippen molar-refractivity contribution in [2.45, 2.75) is 97.0 Å². The molecule has 0 aromatic heterocycles. The summed E-state index contributed by atoms with van der Waals surface area (Å²) < 4.78 is 5.82. The average Bonchev–Trinajstić information content (AvgIpc) is 2.78. The maximum absolute atomic E-state index is 12.5. The molecule has 0 spiro atoms. The van der Waals surface area contributed by atoms with Crippen LogP contribution in [0.25, 0.3) is 0 Å². The molecular weight excluding hydrogens is 290 g/mol. The fraction of sp³-hybridized carbons (Fsp3) is 0.895. The van der Waals surface area contributed by atoms with E-state index in [2.05, 4.69) is 12.2 Å². The zero-order chi connectivity index (χ0) is 16.9. The summed E-state index contributed by atoms with van der Waals surface area (Å²) in [5, 5.41) is 2.81. The van der Waals surface area contributed by atoms with Crippen molar-refractivity contribution in [1.82, 2.24) is 5.32 Å². The fourth-order valence-corrected chi connectivity index (χ4v) is 3.25. The van der Waals surface area contributed by atoms with E-state index < -0.39 is 0 Å². The molecule has 1 atom stereocenters. The molecule has 1 fully saturated rings. The zero-order valence-corrected chi connectivity index (χ0v) is 15.1. The van der Waals surface area contributed by atoms with Gasteiger partial charge in [-0.3, -0.25) is 9.59 Å². The van der Waals surface area contributed by atoms with Crippen LogP contribution in [0.5, 0.6) is 0 Å². The van der Waals surface area contributed by atoms with Crippen LogP contribution in [0.1, 0.15) is 90.9 Å². The van der Waals surface area contributed by atoms with Gasteiger partial charge in [0, 0.05) is 13.5 Å². The normalized spacial score (nSPS) is 17.3. The van der Waals surface area contributed by atoms with E-state index in [0.29, 0.717) is 6.54 Å². The van der Waals surface area contributed by atoms with Crippen molar-refractivity contribution >= 4 is 11.9 Å². The van der Waals surface area contributed by atoms with Gasteiger partial charge in [0.05, 0.1) is 5.92 Å². The van der Waals surface area contributed by atoms with Crippen molar-refractivity contribution < 1.29 is 14.3 Å². The number of unbranched alkanes of at least 4 members (excludes halogenated alkanes) is 2. The van der Waals surface area contributed by atoms with E-state index in [1.807, 2.05) is 0 Å². The monoisotopic (exact) mass is 325 g/mol. The van der Waals surface area contributed by atoms with Gasteiger partial charge in [0.2, 0.25) is 5.91 Å². The van der Waals surface area contributed by atoms with E-state index >= 15 is 0 Å². The summed E-state index contributed by atoms with van der Waals surface area (Å²) >= 11 is 0. The minimum atomic E-state index is -0.00596. The molecule has 1 amide bonds. The molecule has 0 aromatic rings. The zero-order valence-electron chi connectivity index (χ0n) is 15.1. The van der Waals surface area contributed by atoms with Crippen molar-refractivity contribution in [3.8, 4) is 0 Å². The molecule has 4 heteroatoms. The highest BCUT2D eigenvalue weighted by Gasteiger charge is 2.23. The van der Waals surface area contributed by atoms with Crippen molar-refractivity contribution in [3.63, 3.8) is 0 Å². The second-order valence-corrected chi connectivity index (χ2v) is 6.87. The summed E-state index contributed by atoms with van der Waals surface area (Å²) in [6.07, 6.45) is 13.1. The van der Waals surface area contributed by atoms with E-state index in [-0.39, 0.29) is 23.9 Å². The van der Waals surface area contributed by atoms with Crippen LogP contribution in [0.3, 0.4) is 0 Å². The minimum Gasteiger partial charge on any atom is -0.462 e. The van der Waals surface area contributed by atoms with Crippen molar-refractivity contribution in [1.29, 1.82) is 0 Å². The summed E-state index contributed by atoms with van der Waals surface area (Å²) in [7, 11) is 0. The van der Waals surface area contributed by atoms with E-state index in [1.54, 1.807) is 0 Å². The predicted octanol–water partition coefficient (Wildman–Crippen LogP) is 4.37. The smallest absolute Gasteiger partial charge is 0.309 e. The van der Waals surface area contributed by atoms with Crippen LogP contribution in [0.4, 0.5) is 0 Å². The number of nitrogens with one attached hydrogen (secondary N) is 1. The predicted molar refractivity (Wildman–Crippen MR) is 93.1 cm³/mol. The quantitative estimate of drug-likeness (QED) is 0.369.